The minimum atomic E-state index is 0.568. The standard InChI is InChI=1S/C47H28N6O/c1-3-11-29(12-4-1)35-15-7-8-17-39(35)47-49-45(48-46(50-47)33-22-25-38-37-16-9-10-18-41(37)54-42(38)28-33)32-21-24-36-31(27-32)20-19-30-23-26-40-44(43(30)36)52-53(51-40)34-13-5-2-6-14-34/h1-28H. The first-order valence-electron chi connectivity index (χ1n) is 17.8. The molecule has 0 saturated carbocycles. The summed E-state index contributed by atoms with van der Waals surface area (Å²) < 4.78 is 6.28. The van der Waals surface area contributed by atoms with E-state index in [9.17, 15) is 0 Å². The van der Waals surface area contributed by atoms with Crippen LogP contribution in [0.15, 0.2) is 174 Å². The zero-order valence-electron chi connectivity index (χ0n) is 28.8. The fourth-order valence-corrected chi connectivity index (χ4v) is 7.51. The summed E-state index contributed by atoms with van der Waals surface area (Å²) in [6.45, 7) is 0. The predicted molar refractivity (Wildman–Crippen MR) is 216 cm³/mol. The van der Waals surface area contributed by atoms with Crippen LogP contribution in [-0.4, -0.2) is 29.9 Å². The van der Waals surface area contributed by atoms with Crippen molar-refractivity contribution in [2.24, 2.45) is 0 Å². The molecular formula is C47H28N6O. The minimum Gasteiger partial charge on any atom is -0.456 e. The highest BCUT2D eigenvalue weighted by Crippen LogP contribution is 2.37. The van der Waals surface area contributed by atoms with Gasteiger partial charge >= 0.3 is 0 Å². The van der Waals surface area contributed by atoms with Gasteiger partial charge in [-0.1, -0.05) is 127 Å². The molecule has 8 aromatic carbocycles. The highest BCUT2D eigenvalue weighted by molar-refractivity contribution is 6.18. The Bertz CT molecular complexity index is 3220. The number of hydrogen-bond acceptors (Lipinski definition) is 6. The van der Waals surface area contributed by atoms with E-state index in [4.69, 9.17) is 29.6 Å². The van der Waals surface area contributed by atoms with E-state index in [1.165, 1.54) is 0 Å². The van der Waals surface area contributed by atoms with E-state index in [2.05, 4.69) is 78.9 Å². The number of para-hydroxylation sites is 2. The maximum atomic E-state index is 6.28. The molecule has 0 saturated heterocycles. The van der Waals surface area contributed by atoms with Crippen molar-refractivity contribution in [2.75, 3.05) is 0 Å². The first kappa shape index (κ1) is 30.1. The lowest BCUT2D eigenvalue weighted by molar-refractivity contribution is 0.669. The van der Waals surface area contributed by atoms with Gasteiger partial charge in [0.25, 0.3) is 0 Å². The number of furan rings is 1. The van der Waals surface area contributed by atoms with Crippen molar-refractivity contribution in [3.05, 3.63) is 170 Å². The van der Waals surface area contributed by atoms with E-state index < -0.39 is 0 Å². The molecule has 0 fully saturated rings. The van der Waals surface area contributed by atoms with Gasteiger partial charge < -0.3 is 4.42 Å². The van der Waals surface area contributed by atoms with Gasteiger partial charge in [-0.25, -0.2) is 15.0 Å². The molecule has 3 aromatic heterocycles. The second-order valence-electron chi connectivity index (χ2n) is 13.4. The average Bonchev–Trinajstić information content (AvgIpc) is 3.86. The van der Waals surface area contributed by atoms with Gasteiger partial charge in [-0.05, 0) is 69.8 Å². The zero-order valence-corrected chi connectivity index (χ0v) is 28.8. The molecule has 0 N–H and O–H groups in total. The van der Waals surface area contributed by atoms with Gasteiger partial charge in [0.15, 0.2) is 17.5 Å². The van der Waals surface area contributed by atoms with Crippen LogP contribution in [0.5, 0.6) is 0 Å². The topological polar surface area (TPSA) is 82.5 Å². The SMILES string of the molecule is c1ccc(-c2ccccc2-c2nc(-c3ccc4c(ccc5ccc6nn(-c7ccccc7)nc6c54)c3)nc(-c3ccc4c(c3)oc3ccccc34)n2)cc1. The molecule has 0 aliphatic carbocycles. The quantitative estimate of drug-likeness (QED) is 0.167. The fraction of sp³-hybridized carbons (Fsp3) is 0. The Morgan fingerprint density at radius 3 is 1.87 bits per heavy atom. The summed E-state index contributed by atoms with van der Waals surface area (Å²) in [6.07, 6.45) is 0. The molecular weight excluding hydrogens is 665 g/mol. The summed E-state index contributed by atoms with van der Waals surface area (Å²) in [4.78, 5) is 17.1. The van der Waals surface area contributed by atoms with Crippen molar-refractivity contribution in [3.63, 3.8) is 0 Å². The molecule has 7 nitrogen and oxygen atoms in total. The summed E-state index contributed by atoms with van der Waals surface area (Å²) in [6, 6.07) is 57.7. The van der Waals surface area contributed by atoms with Crippen molar-refractivity contribution < 1.29 is 4.42 Å². The Morgan fingerprint density at radius 1 is 0.407 bits per heavy atom. The summed E-state index contributed by atoms with van der Waals surface area (Å²) in [5.41, 5.74) is 9.05. The first-order chi connectivity index (χ1) is 26.7. The number of hydrogen-bond donors (Lipinski definition) is 0. The highest BCUT2D eigenvalue weighted by atomic mass is 16.3. The van der Waals surface area contributed by atoms with Gasteiger partial charge in [0.1, 0.15) is 22.2 Å². The second-order valence-corrected chi connectivity index (χ2v) is 13.4. The Kier molecular flexibility index (Phi) is 6.72. The molecule has 0 amide bonds. The highest BCUT2D eigenvalue weighted by Gasteiger charge is 2.18. The summed E-state index contributed by atoms with van der Waals surface area (Å²) in [5, 5.41) is 16.2. The molecule has 11 aromatic rings. The Balaban J connectivity index is 1.10. The van der Waals surface area contributed by atoms with Gasteiger partial charge in [0.05, 0.1) is 5.69 Å². The van der Waals surface area contributed by atoms with E-state index in [0.29, 0.717) is 17.5 Å². The zero-order chi connectivity index (χ0) is 35.6. The summed E-state index contributed by atoms with van der Waals surface area (Å²) >= 11 is 0. The largest absolute Gasteiger partial charge is 0.456 e. The van der Waals surface area contributed by atoms with Crippen LogP contribution in [0.25, 0.3) is 105 Å². The average molecular weight is 693 g/mol. The lowest BCUT2D eigenvalue weighted by atomic mass is 9.98. The molecule has 7 heteroatoms. The van der Waals surface area contributed by atoms with Crippen molar-refractivity contribution in [3.8, 4) is 51.0 Å². The first-order valence-corrected chi connectivity index (χ1v) is 17.8. The summed E-state index contributed by atoms with van der Waals surface area (Å²) in [5.74, 6) is 1.74. The van der Waals surface area contributed by atoms with Crippen LogP contribution in [0, 0.1) is 0 Å². The van der Waals surface area contributed by atoms with Crippen LogP contribution in [0.2, 0.25) is 0 Å². The monoisotopic (exact) mass is 692 g/mol. The fourth-order valence-electron chi connectivity index (χ4n) is 7.51. The predicted octanol–water partition coefficient (Wildman–Crippen LogP) is 11.5. The summed E-state index contributed by atoms with van der Waals surface area (Å²) in [7, 11) is 0. The molecule has 0 radical (unpaired) electrons. The van der Waals surface area contributed by atoms with Crippen LogP contribution in [0.4, 0.5) is 0 Å². The van der Waals surface area contributed by atoms with E-state index in [0.717, 1.165) is 88.0 Å². The molecule has 11 rings (SSSR count). The number of benzene rings is 8. The lowest BCUT2D eigenvalue weighted by Crippen LogP contribution is -2.01. The number of aromatic nitrogens is 6. The van der Waals surface area contributed by atoms with Crippen LogP contribution in [0.3, 0.4) is 0 Å². The van der Waals surface area contributed by atoms with Crippen molar-refractivity contribution in [2.45, 2.75) is 0 Å². The van der Waals surface area contributed by atoms with Gasteiger partial charge in [-0.3, -0.25) is 0 Å². The second kappa shape index (κ2) is 12.0. The Morgan fingerprint density at radius 2 is 1.04 bits per heavy atom. The van der Waals surface area contributed by atoms with Crippen LogP contribution >= 0.6 is 0 Å². The lowest BCUT2D eigenvalue weighted by Gasteiger charge is -2.12. The third kappa shape index (κ3) is 4.94. The third-order valence-electron chi connectivity index (χ3n) is 10.1. The normalized spacial score (nSPS) is 11.7. The third-order valence-corrected chi connectivity index (χ3v) is 10.1. The van der Waals surface area contributed by atoms with Gasteiger partial charge in [0, 0.05) is 32.8 Å². The molecule has 3 heterocycles. The number of fused-ring (bicyclic) bond motifs is 8. The van der Waals surface area contributed by atoms with Crippen LogP contribution in [0.1, 0.15) is 0 Å². The van der Waals surface area contributed by atoms with E-state index in [-0.39, 0.29) is 0 Å². The van der Waals surface area contributed by atoms with Gasteiger partial charge in [-0.15, -0.1) is 10.2 Å². The Hall–Kier alpha value is -7.51. The smallest absolute Gasteiger partial charge is 0.164 e. The molecule has 0 aliphatic heterocycles. The maximum absolute atomic E-state index is 6.28. The molecule has 0 aliphatic rings. The molecule has 0 unspecified atom stereocenters. The molecule has 0 atom stereocenters. The van der Waals surface area contributed by atoms with Crippen molar-refractivity contribution in [1.82, 2.24) is 29.9 Å². The molecule has 0 spiro atoms. The van der Waals surface area contributed by atoms with Crippen LogP contribution in [-0.2, 0) is 0 Å². The number of rotatable bonds is 5. The van der Waals surface area contributed by atoms with Crippen LogP contribution < -0.4 is 0 Å². The van der Waals surface area contributed by atoms with Crippen molar-refractivity contribution >= 4 is 54.5 Å². The maximum Gasteiger partial charge on any atom is 0.164 e. The Labute approximate surface area is 308 Å². The molecule has 54 heavy (non-hydrogen) atoms. The molecule has 252 valence electrons. The number of nitrogens with zero attached hydrogens (tertiary/aromatic N) is 6. The minimum absolute atomic E-state index is 0.568. The van der Waals surface area contributed by atoms with E-state index >= 15 is 0 Å². The van der Waals surface area contributed by atoms with E-state index in [1.807, 2.05) is 91.0 Å². The van der Waals surface area contributed by atoms with Gasteiger partial charge in [-0.2, -0.15) is 4.80 Å². The van der Waals surface area contributed by atoms with Crippen molar-refractivity contribution in [1.29, 1.82) is 0 Å². The van der Waals surface area contributed by atoms with Gasteiger partial charge in [0.2, 0.25) is 0 Å². The molecule has 0 bridgehead atoms. The van der Waals surface area contributed by atoms with E-state index in [1.54, 1.807) is 4.80 Å².